The maximum absolute atomic E-state index is 13.2. The van der Waals surface area contributed by atoms with Crippen LogP contribution in [0.25, 0.3) is 11.4 Å². The van der Waals surface area contributed by atoms with Crippen LogP contribution in [0.1, 0.15) is 6.92 Å². The minimum absolute atomic E-state index is 0.0369. The van der Waals surface area contributed by atoms with E-state index in [0.29, 0.717) is 5.56 Å². The molecule has 0 aliphatic carbocycles. The van der Waals surface area contributed by atoms with Crippen LogP contribution in [-0.2, 0) is 23.9 Å². The van der Waals surface area contributed by atoms with Gasteiger partial charge in [0.25, 0.3) is 11.8 Å². The number of esters is 1. The number of halogens is 3. The van der Waals surface area contributed by atoms with Crippen molar-refractivity contribution >= 4 is 29.2 Å². The summed E-state index contributed by atoms with van der Waals surface area (Å²) in [4.78, 5) is 52.6. The van der Waals surface area contributed by atoms with E-state index < -0.39 is 47.9 Å². The van der Waals surface area contributed by atoms with E-state index in [2.05, 4.69) is 24.7 Å². The van der Waals surface area contributed by atoms with Gasteiger partial charge in [-0.25, -0.2) is 4.79 Å². The van der Waals surface area contributed by atoms with E-state index in [4.69, 9.17) is 9.47 Å². The molecule has 38 heavy (non-hydrogen) atoms. The number of H-pyrrole nitrogens is 1. The topological polar surface area (TPSA) is 153 Å². The summed E-state index contributed by atoms with van der Waals surface area (Å²) in [6.45, 7) is 0.901. The minimum Gasteiger partial charge on any atom is -0.449 e. The number of benzene rings is 2. The first-order chi connectivity index (χ1) is 18.0. The molecule has 1 fully saturated rings. The van der Waals surface area contributed by atoms with Gasteiger partial charge < -0.3 is 24.4 Å². The number of rotatable bonds is 7. The van der Waals surface area contributed by atoms with Crippen molar-refractivity contribution in [2.24, 2.45) is 0 Å². The first-order valence-corrected chi connectivity index (χ1v) is 10.9. The van der Waals surface area contributed by atoms with Gasteiger partial charge in [0.05, 0.1) is 6.61 Å². The second-order valence-electron chi connectivity index (χ2n) is 7.87. The lowest BCUT2D eigenvalue weighted by Gasteiger charge is -2.35. The number of aromatic amines is 1. The lowest BCUT2D eigenvalue weighted by Crippen LogP contribution is -2.56. The Morgan fingerprint density at radius 1 is 1.18 bits per heavy atom. The number of alkyl halides is 3. The molecule has 200 valence electrons. The standard InChI is InChI=1S/C23H19F3N4O8/c1-12(31)36-17(20(32)27-14-7-5-13(6-8-14)19-28-22(34)38-29-19)18-21(33)30(9-10-35-18)15-3-2-4-16(11-15)37-23(24,25)26/h2-8,11,17-18H,9-10H2,1H3,(H,27,32)(H,28,29,34). The van der Waals surface area contributed by atoms with Gasteiger partial charge in [-0.3, -0.25) is 23.9 Å². The molecule has 15 heteroatoms. The average Bonchev–Trinajstić information content (AvgIpc) is 3.28. The Kier molecular flexibility index (Phi) is 7.47. The van der Waals surface area contributed by atoms with Gasteiger partial charge in [0.1, 0.15) is 5.75 Å². The second kappa shape index (κ2) is 10.8. The largest absolute Gasteiger partial charge is 0.573 e. The van der Waals surface area contributed by atoms with Crippen molar-refractivity contribution in [2.75, 3.05) is 23.4 Å². The fraction of sp³-hybridized carbons (Fsp3) is 0.261. The van der Waals surface area contributed by atoms with Gasteiger partial charge in [0, 0.05) is 36.5 Å². The number of aromatic nitrogens is 2. The Morgan fingerprint density at radius 3 is 2.55 bits per heavy atom. The van der Waals surface area contributed by atoms with E-state index in [1.807, 2.05) is 0 Å². The minimum atomic E-state index is -4.93. The van der Waals surface area contributed by atoms with Crippen LogP contribution in [0.15, 0.2) is 57.8 Å². The first-order valence-electron chi connectivity index (χ1n) is 10.9. The van der Waals surface area contributed by atoms with Crippen LogP contribution in [0, 0.1) is 0 Å². The summed E-state index contributed by atoms with van der Waals surface area (Å²) < 4.78 is 56.8. The van der Waals surface area contributed by atoms with E-state index in [0.717, 1.165) is 24.0 Å². The highest BCUT2D eigenvalue weighted by atomic mass is 19.4. The van der Waals surface area contributed by atoms with Gasteiger partial charge in [0.2, 0.25) is 6.10 Å². The predicted molar refractivity (Wildman–Crippen MR) is 122 cm³/mol. The van der Waals surface area contributed by atoms with Gasteiger partial charge >= 0.3 is 18.1 Å². The van der Waals surface area contributed by atoms with Gasteiger partial charge in [-0.1, -0.05) is 11.2 Å². The molecule has 2 unspecified atom stereocenters. The summed E-state index contributed by atoms with van der Waals surface area (Å²) in [5, 5.41) is 6.06. The van der Waals surface area contributed by atoms with Crippen LogP contribution >= 0.6 is 0 Å². The maximum atomic E-state index is 13.2. The number of nitrogens with one attached hydrogen (secondary N) is 2. The van der Waals surface area contributed by atoms with Crippen LogP contribution in [0.2, 0.25) is 0 Å². The summed E-state index contributed by atoms with van der Waals surface area (Å²) in [7, 11) is 0. The number of anilines is 2. The van der Waals surface area contributed by atoms with Crippen molar-refractivity contribution in [3.05, 3.63) is 59.1 Å². The number of morpholine rings is 1. The molecule has 0 radical (unpaired) electrons. The molecule has 1 aromatic heterocycles. The molecular weight excluding hydrogens is 517 g/mol. The van der Waals surface area contributed by atoms with E-state index in [1.165, 1.54) is 36.4 Å². The van der Waals surface area contributed by atoms with Gasteiger partial charge in [0.15, 0.2) is 11.9 Å². The van der Waals surface area contributed by atoms with Crippen molar-refractivity contribution in [2.45, 2.75) is 25.5 Å². The van der Waals surface area contributed by atoms with Crippen molar-refractivity contribution < 1.29 is 46.3 Å². The Bertz CT molecular complexity index is 1390. The molecule has 1 aliphatic rings. The second-order valence-corrected chi connectivity index (χ2v) is 7.87. The molecule has 2 amide bonds. The smallest absolute Gasteiger partial charge is 0.449 e. The number of carbonyl (C=O) groups is 3. The van der Waals surface area contributed by atoms with Crippen LogP contribution < -0.4 is 20.7 Å². The number of ether oxygens (including phenoxy) is 3. The van der Waals surface area contributed by atoms with Gasteiger partial charge in [-0.05, 0) is 36.4 Å². The molecule has 0 saturated carbocycles. The molecule has 4 rings (SSSR count). The van der Waals surface area contributed by atoms with Crippen molar-refractivity contribution in [1.82, 2.24) is 10.1 Å². The molecule has 0 bridgehead atoms. The van der Waals surface area contributed by atoms with Crippen molar-refractivity contribution in [3.63, 3.8) is 0 Å². The first kappa shape index (κ1) is 26.4. The summed E-state index contributed by atoms with van der Waals surface area (Å²) in [6.07, 6.45) is -8.23. The maximum Gasteiger partial charge on any atom is 0.573 e. The third-order valence-electron chi connectivity index (χ3n) is 5.18. The monoisotopic (exact) mass is 536 g/mol. The SMILES string of the molecule is CC(=O)OC(C(=O)Nc1ccc(-c2noc(=O)[nH]2)cc1)C1OCCN(c2cccc(OC(F)(F)F)c2)C1=O. The number of nitrogens with zero attached hydrogens (tertiary/aromatic N) is 2. The molecule has 2 aromatic carbocycles. The Labute approximate surface area is 211 Å². The third kappa shape index (κ3) is 6.36. The molecule has 1 saturated heterocycles. The molecular formula is C23H19F3N4O8. The third-order valence-corrected chi connectivity index (χ3v) is 5.18. The molecule has 12 nitrogen and oxygen atoms in total. The van der Waals surface area contributed by atoms with E-state index >= 15 is 0 Å². The predicted octanol–water partition coefficient (Wildman–Crippen LogP) is 2.23. The van der Waals surface area contributed by atoms with Gasteiger partial charge in [-0.2, -0.15) is 0 Å². The summed E-state index contributed by atoms with van der Waals surface area (Å²) in [5.41, 5.74) is 0.788. The lowest BCUT2D eigenvalue weighted by molar-refractivity contribution is -0.274. The summed E-state index contributed by atoms with van der Waals surface area (Å²) >= 11 is 0. The van der Waals surface area contributed by atoms with Crippen LogP contribution in [-0.4, -0.2) is 59.6 Å². The normalized spacial score (nSPS) is 16.6. The highest BCUT2D eigenvalue weighted by Crippen LogP contribution is 2.29. The number of hydrogen-bond acceptors (Lipinski definition) is 9. The lowest BCUT2D eigenvalue weighted by atomic mass is 10.1. The Hall–Kier alpha value is -4.66. The van der Waals surface area contributed by atoms with Crippen LogP contribution in [0.3, 0.4) is 0 Å². The van der Waals surface area contributed by atoms with Crippen molar-refractivity contribution in [1.29, 1.82) is 0 Å². The van der Waals surface area contributed by atoms with E-state index in [-0.39, 0.29) is 30.4 Å². The highest BCUT2D eigenvalue weighted by molar-refractivity contribution is 6.04. The molecule has 1 aliphatic heterocycles. The number of carbonyl (C=O) groups excluding carboxylic acids is 3. The molecule has 3 aromatic rings. The molecule has 2 N–H and O–H groups in total. The Balaban J connectivity index is 1.52. The van der Waals surface area contributed by atoms with Crippen molar-refractivity contribution in [3.8, 4) is 17.1 Å². The average molecular weight is 536 g/mol. The molecule has 0 spiro atoms. The summed E-state index contributed by atoms with van der Waals surface area (Å²) in [5.74, 6) is -3.70. The number of hydrogen-bond donors (Lipinski definition) is 2. The quantitative estimate of drug-likeness (QED) is 0.433. The zero-order chi connectivity index (χ0) is 27.4. The zero-order valence-corrected chi connectivity index (χ0v) is 19.5. The van der Waals surface area contributed by atoms with E-state index in [9.17, 15) is 32.3 Å². The molecule has 2 heterocycles. The zero-order valence-electron chi connectivity index (χ0n) is 19.5. The van der Waals surface area contributed by atoms with Gasteiger partial charge in [-0.15, -0.1) is 13.2 Å². The fourth-order valence-electron chi connectivity index (χ4n) is 3.64. The van der Waals surface area contributed by atoms with Crippen LogP contribution in [0.4, 0.5) is 24.5 Å². The van der Waals surface area contributed by atoms with Crippen LogP contribution in [0.5, 0.6) is 5.75 Å². The van der Waals surface area contributed by atoms with E-state index in [1.54, 1.807) is 0 Å². The highest BCUT2D eigenvalue weighted by Gasteiger charge is 2.43. The fourth-order valence-corrected chi connectivity index (χ4v) is 3.64. The Morgan fingerprint density at radius 2 is 1.92 bits per heavy atom. The summed E-state index contributed by atoms with van der Waals surface area (Å²) in [6, 6.07) is 10.7. The number of amides is 2. The molecule has 2 atom stereocenters.